The molecule has 1 saturated heterocycles. The van der Waals surface area contributed by atoms with Crippen molar-refractivity contribution in [2.24, 2.45) is 0 Å². The first-order valence-corrected chi connectivity index (χ1v) is 9.32. The smallest absolute Gasteiger partial charge is 0.246 e. The predicted molar refractivity (Wildman–Crippen MR) is 96.5 cm³/mol. The van der Waals surface area contributed by atoms with Crippen molar-refractivity contribution < 1.29 is 9.53 Å². The van der Waals surface area contributed by atoms with Crippen LogP contribution in [0.2, 0.25) is 0 Å². The van der Waals surface area contributed by atoms with E-state index < -0.39 is 0 Å². The van der Waals surface area contributed by atoms with Crippen LogP contribution in [-0.4, -0.2) is 57.9 Å². The molecule has 0 bridgehead atoms. The van der Waals surface area contributed by atoms with Gasteiger partial charge in [0.25, 0.3) is 0 Å². The van der Waals surface area contributed by atoms with Crippen molar-refractivity contribution >= 4 is 5.91 Å². The van der Waals surface area contributed by atoms with Crippen LogP contribution in [0.15, 0.2) is 36.8 Å². The Balaban J connectivity index is 1.40. The van der Waals surface area contributed by atoms with Crippen molar-refractivity contribution in [1.29, 1.82) is 0 Å². The molecular weight excluding hydrogens is 330 g/mol. The molecule has 138 valence electrons. The number of rotatable bonds is 5. The van der Waals surface area contributed by atoms with Gasteiger partial charge in [-0.3, -0.25) is 19.4 Å². The molecule has 0 radical (unpaired) electrons. The number of hydrogen-bond donors (Lipinski definition) is 1. The fourth-order valence-electron chi connectivity index (χ4n) is 3.84. The highest BCUT2D eigenvalue weighted by atomic mass is 16.5. The SMILES string of the molecule is O=C(NCCc1ccncc1)[C@H]1CN(C2CCOCC2)Cc2ccnn21. The van der Waals surface area contributed by atoms with E-state index in [0.29, 0.717) is 19.1 Å². The Labute approximate surface area is 153 Å². The summed E-state index contributed by atoms with van der Waals surface area (Å²) < 4.78 is 7.37. The van der Waals surface area contributed by atoms with Crippen molar-refractivity contribution in [3.05, 3.63) is 48.0 Å². The Hall–Kier alpha value is -2.25. The second kappa shape index (κ2) is 7.97. The highest BCUT2D eigenvalue weighted by Gasteiger charge is 2.34. The molecule has 1 atom stereocenters. The van der Waals surface area contributed by atoms with Gasteiger partial charge in [-0.2, -0.15) is 5.10 Å². The largest absolute Gasteiger partial charge is 0.381 e. The second-order valence-corrected chi connectivity index (χ2v) is 6.95. The summed E-state index contributed by atoms with van der Waals surface area (Å²) in [5, 5.41) is 7.48. The van der Waals surface area contributed by atoms with E-state index in [0.717, 1.165) is 44.7 Å². The standard InChI is InChI=1S/C19H25N5O2/c25-19(21-9-3-15-1-7-20-8-2-15)18-14-23(16-5-11-26-12-6-16)13-17-4-10-22-24(17)18/h1-2,4,7-8,10,16,18H,3,5-6,9,11-14H2,(H,21,25)/t18-/m1/s1. The van der Waals surface area contributed by atoms with Crippen molar-refractivity contribution in [2.75, 3.05) is 26.3 Å². The van der Waals surface area contributed by atoms with Crippen molar-refractivity contribution in [3.63, 3.8) is 0 Å². The number of aromatic nitrogens is 3. The molecule has 0 unspecified atom stereocenters. The van der Waals surface area contributed by atoms with Gasteiger partial charge in [0.2, 0.25) is 5.91 Å². The lowest BCUT2D eigenvalue weighted by Gasteiger charge is -2.39. The number of fused-ring (bicyclic) bond motifs is 1. The average molecular weight is 355 g/mol. The lowest BCUT2D eigenvalue weighted by Crippen LogP contribution is -2.49. The zero-order chi connectivity index (χ0) is 17.8. The zero-order valence-electron chi connectivity index (χ0n) is 14.9. The maximum absolute atomic E-state index is 12.8. The highest BCUT2D eigenvalue weighted by molar-refractivity contribution is 5.80. The molecule has 2 aliphatic heterocycles. The maximum atomic E-state index is 12.8. The van der Waals surface area contributed by atoms with E-state index in [1.54, 1.807) is 18.6 Å². The summed E-state index contributed by atoms with van der Waals surface area (Å²) in [4.78, 5) is 19.3. The Kier molecular flexibility index (Phi) is 5.26. The molecule has 7 nitrogen and oxygen atoms in total. The van der Waals surface area contributed by atoms with Gasteiger partial charge in [-0.15, -0.1) is 0 Å². The number of pyridine rings is 1. The fourth-order valence-corrected chi connectivity index (χ4v) is 3.84. The van der Waals surface area contributed by atoms with Crippen LogP contribution >= 0.6 is 0 Å². The third-order valence-electron chi connectivity index (χ3n) is 5.29. The molecule has 2 aromatic rings. The molecule has 0 aliphatic carbocycles. The average Bonchev–Trinajstić information content (AvgIpc) is 3.17. The Morgan fingerprint density at radius 1 is 1.19 bits per heavy atom. The van der Waals surface area contributed by atoms with E-state index in [-0.39, 0.29) is 11.9 Å². The van der Waals surface area contributed by atoms with E-state index >= 15 is 0 Å². The first-order chi connectivity index (χ1) is 12.8. The van der Waals surface area contributed by atoms with E-state index in [9.17, 15) is 4.79 Å². The summed E-state index contributed by atoms with van der Waals surface area (Å²) in [6.07, 6.45) is 8.21. The molecule has 7 heteroatoms. The first-order valence-electron chi connectivity index (χ1n) is 9.32. The molecular formula is C19H25N5O2. The van der Waals surface area contributed by atoms with Gasteiger partial charge < -0.3 is 10.1 Å². The summed E-state index contributed by atoms with van der Waals surface area (Å²) in [6.45, 7) is 3.80. The third-order valence-corrected chi connectivity index (χ3v) is 5.29. The number of ether oxygens (including phenoxy) is 1. The quantitative estimate of drug-likeness (QED) is 0.872. The van der Waals surface area contributed by atoms with Crippen LogP contribution in [0.3, 0.4) is 0 Å². The van der Waals surface area contributed by atoms with Gasteiger partial charge in [0, 0.05) is 57.5 Å². The number of nitrogens with zero attached hydrogens (tertiary/aromatic N) is 4. The van der Waals surface area contributed by atoms with Crippen LogP contribution in [0.1, 0.15) is 30.1 Å². The minimum absolute atomic E-state index is 0.0424. The summed E-state index contributed by atoms with van der Waals surface area (Å²) in [6, 6.07) is 6.19. The molecule has 26 heavy (non-hydrogen) atoms. The van der Waals surface area contributed by atoms with Crippen LogP contribution in [0, 0.1) is 0 Å². The lowest BCUT2D eigenvalue weighted by atomic mass is 10.0. The number of hydrogen-bond acceptors (Lipinski definition) is 5. The Bertz CT molecular complexity index is 727. The monoisotopic (exact) mass is 355 g/mol. The predicted octanol–water partition coefficient (Wildman–Crippen LogP) is 1.17. The Morgan fingerprint density at radius 3 is 2.81 bits per heavy atom. The van der Waals surface area contributed by atoms with Gasteiger partial charge >= 0.3 is 0 Å². The topological polar surface area (TPSA) is 72.3 Å². The zero-order valence-corrected chi connectivity index (χ0v) is 14.9. The summed E-state index contributed by atoms with van der Waals surface area (Å²) >= 11 is 0. The fraction of sp³-hybridized carbons (Fsp3) is 0.526. The van der Waals surface area contributed by atoms with Gasteiger partial charge in [0.05, 0.1) is 5.69 Å². The minimum Gasteiger partial charge on any atom is -0.381 e. The van der Waals surface area contributed by atoms with Gasteiger partial charge in [-0.05, 0) is 43.0 Å². The number of carbonyl (C=O) groups excluding carboxylic acids is 1. The molecule has 1 amide bonds. The molecule has 2 aromatic heterocycles. The molecule has 0 saturated carbocycles. The van der Waals surface area contributed by atoms with Crippen molar-refractivity contribution in [3.8, 4) is 0 Å². The summed E-state index contributed by atoms with van der Waals surface area (Å²) in [7, 11) is 0. The first kappa shape index (κ1) is 17.2. The number of amides is 1. The van der Waals surface area contributed by atoms with E-state index in [4.69, 9.17) is 4.74 Å². The summed E-state index contributed by atoms with van der Waals surface area (Å²) in [5.41, 5.74) is 2.28. The number of carbonyl (C=O) groups is 1. The molecule has 4 heterocycles. The van der Waals surface area contributed by atoms with Gasteiger partial charge in [0.15, 0.2) is 0 Å². The van der Waals surface area contributed by atoms with E-state index in [1.807, 2.05) is 22.9 Å². The van der Waals surface area contributed by atoms with Crippen LogP contribution in [-0.2, 0) is 22.5 Å². The van der Waals surface area contributed by atoms with Gasteiger partial charge in [-0.1, -0.05) is 0 Å². The van der Waals surface area contributed by atoms with E-state index in [2.05, 4.69) is 20.3 Å². The molecule has 1 N–H and O–H groups in total. The molecule has 4 rings (SSSR count). The van der Waals surface area contributed by atoms with Gasteiger partial charge in [-0.25, -0.2) is 0 Å². The van der Waals surface area contributed by atoms with Crippen LogP contribution in [0.25, 0.3) is 0 Å². The minimum atomic E-state index is -0.269. The molecule has 0 spiro atoms. The summed E-state index contributed by atoms with van der Waals surface area (Å²) in [5.74, 6) is 0.0424. The molecule has 1 fully saturated rings. The Morgan fingerprint density at radius 2 is 2.00 bits per heavy atom. The van der Waals surface area contributed by atoms with Crippen LogP contribution in [0.5, 0.6) is 0 Å². The van der Waals surface area contributed by atoms with E-state index in [1.165, 1.54) is 5.56 Å². The van der Waals surface area contributed by atoms with Crippen molar-refractivity contribution in [1.82, 2.24) is 25.0 Å². The lowest BCUT2D eigenvalue weighted by molar-refractivity contribution is -0.126. The molecule has 2 aliphatic rings. The van der Waals surface area contributed by atoms with Crippen LogP contribution < -0.4 is 5.32 Å². The third kappa shape index (κ3) is 3.78. The van der Waals surface area contributed by atoms with Gasteiger partial charge in [0.1, 0.15) is 6.04 Å². The van der Waals surface area contributed by atoms with Crippen LogP contribution in [0.4, 0.5) is 0 Å². The number of nitrogens with one attached hydrogen (secondary N) is 1. The van der Waals surface area contributed by atoms with Crippen molar-refractivity contribution in [2.45, 2.75) is 37.9 Å². The molecule has 0 aromatic carbocycles. The highest BCUT2D eigenvalue weighted by Crippen LogP contribution is 2.25. The second-order valence-electron chi connectivity index (χ2n) is 6.95. The maximum Gasteiger partial charge on any atom is 0.246 e. The normalized spacial score (nSPS) is 21.3.